The molecule has 0 radical (unpaired) electrons. The Hall–Kier alpha value is -1.97. The molecule has 1 unspecified atom stereocenters. The van der Waals surface area contributed by atoms with E-state index in [1.165, 1.54) is 13.2 Å². The van der Waals surface area contributed by atoms with Crippen LogP contribution in [0.5, 0.6) is 5.75 Å². The Balaban J connectivity index is 2.54. The van der Waals surface area contributed by atoms with Crippen LogP contribution in [0.25, 0.3) is 0 Å². The van der Waals surface area contributed by atoms with E-state index >= 15 is 0 Å². The monoisotopic (exact) mass is 235 g/mol. The van der Waals surface area contributed by atoms with Crippen molar-refractivity contribution in [3.8, 4) is 5.75 Å². The molecule has 0 amide bonds. The number of hydrogen-bond donors (Lipinski definition) is 1. The van der Waals surface area contributed by atoms with Crippen LogP contribution in [0, 0.1) is 0 Å². The highest BCUT2D eigenvalue weighted by atomic mass is 16.5. The fraction of sp³-hybridized carbons (Fsp3) is 0.308. The second kappa shape index (κ2) is 6.58. The minimum absolute atomic E-state index is 0.113. The summed E-state index contributed by atoms with van der Waals surface area (Å²) < 4.78 is 9.57. The van der Waals surface area contributed by atoms with Gasteiger partial charge in [-0.15, -0.1) is 0 Å². The third-order valence-electron chi connectivity index (χ3n) is 2.38. The number of hydrogen-bond acceptors (Lipinski definition) is 4. The molecule has 0 aliphatic rings. The van der Waals surface area contributed by atoms with Gasteiger partial charge in [0.2, 0.25) is 0 Å². The molecular weight excluding hydrogens is 218 g/mol. The lowest BCUT2D eigenvalue weighted by atomic mass is 10.1. The summed E-state index contributed by atoms with van der Waals surface area (Å²) in [6.45, 7) is 2.00. The third kappa shape index (κ3) is 4.18. The molecule has 0 spiro atoms. The van der Waals surface area contributed by atoms with Gasteiger partial charge in [-0.3, -0.25) is 0 Å². The van der Waals surface area contributed by atoms with Crippen LogP contribution in [0.15, 0.2) is 36.5 Å². The maximum atomic E-state index is 10.8. The largest absolute Gasteiger partial charge is 0.497 e. The van der Waals surface area contributed by atoms with Gasteiger partial charge in [0.05, 0.1) is 14.2 Å². The van der Waals surface area contributed by atoms with Crippen LogP contribution in [0.3, 0.4) is 0 Å². The summed E-state index contributed by atoms with van der Waals surface area (Å²) in [6.07, 6.45) is 2.93. The predicted octanol–water partition coefficient (Wildman–Crippen LogP) is 2.03. The summed E-state index contributed by atoms with van der Waals surface area (Å²) in [5.41, 5.74) is 1.11. The smallest absolute Gasteiger partial charge is 0.331 e. The summed E-state index contributed by atoms with van der Waals surface area (Å²) in [5.74, 6) is 0.450. The van der Waals surface area contributed by atoms with Crippen molar-refractivity contribution in [1.29, 1.82) is 0 Å². The zero-order valence-corrected chi connectivity index (χ0v) is 10.3. The van der Waals surface area contributed by atoms with Gasteiger partial charge in [-0.25, -0.2) is 4.79 Å². The molecule has 0 saturated carbocycles. The lowest BCUT2D eigenvalue weighted by Crippen LogP contribution is -2.12. The average molecular weight is 235 g/mol. The average Bonchev–Trinajstić information content (AvgIpc) is 2.38. The van der Waals surface area contributed by atoms with Crippen molar-refractivity contribution in [2.24, 2.45) is 0 Å². The van der Waals surface area contributed by atoms with E-state index in [-0.39, 0.29) is 12.0 Å². The number of ether oxygens (including phenoxy) is 2. The van der Waals surface area contributed by atoms with Gasteiger partial charge in [0.1, 0.15) is 5.75 Å². The van der Waals surface area contributed by atoms with E-state index < -0.39 is 0 Å². The molecule has 92 valence electrons. The second-order valence-corrected chi connectivity index (χ2v) is 3.52. The van der Waals surface area contributed by atoms with E-state index in [0.717, 1.165) is 11.3 Å². The Morgan fingerprint density at radius 3 is 2.47 bits per heavy atom. The van der Waals surface area contributed by atoms with Gasteiger partial charge in [0, 0.05) is 18.3 Å². The second-order valence-electron chi connectivity index (χ2n) is 3.52. The Morgan fingerprint density at radius 2 is 1.94 bits per heavy atom. The summed E-state index contributed by atoms with van der Waals surface area (Å²) in [7, 11) is 2.98. The molecule has 1 rings (SSSR count). The Morgan fingerprint density at radius 1 is 1.29 bits per heavy atom. The SMILES string of the molecule is COC(=O)/C=C/NC(C)c1ccc(OC)cc1. The minimum atomic E-state index is -0.376. The summed E-state index contributed by atoms with van der Waals surface area (Å²) in [6, 6.07) is 7.86. The van der Waals surface area contributed by atoms with Crippen LogP contribution in [-0.2, 0) is 9.53 Å². The molecular formula is C13H17NO3. The fourth-order valence-corrected chi connectivity index (χ4v) is 1.32. The van der Waals surface area contributed by atoms with Gasteiger partial charge in [-0.05, 0) is 24.6 Å². The molecule has 0 saturated heterocycles. The van der Waals surface area contributed by atoms with Gasteiger partial charge in [-0.1, -0.05) is 12.1 Å². The lowest BCUT2D eigenvalue weighted by molar-refractivity contribution is -0.134. The van der Waals surface area contributed by atoms with Crippen molar-refractivity contribution >= 4 is 5.97 Å². The van der Waals surface area contributed by atoms with Crippen LogP contribution in [0.4, 0.5) is 0 Å². The van der Waals surface area contributed by atoms with Crippen LogP contribution < -0.4 is 10.1 Å². The molecule has 0 aromatic heterocycles. The van der Waals surface area contributed by atoms with Crippen molar-refractivity contribution in [3.05, 3.63) is 42.1 Å². The minimum Gasteiger partial charge on any atom is -0.497 e. The summed E-state index contributed by atoms with van der Waals surface area (Å²) in [4.78, 5) is 10.8. The van der Waals surface area contributed by atoms with E-state index in [0.29, 0.717) is 0 Å². The van der Waals surface area contributed by atoms with Crippen LogP contribution >= 0.6 is 0 Å². The topological polar surface area (TPSA) is 47.6 Å². The van der Waals surface area contributed by atoms with Gasteiger partial charge < -0.3 is 14.8 Å². The number of methoxy groups -OCH3 is 2. The van der Waals surface area contributed by atoms with Gasteiger partial charge >= 0.3 is 5.97 Å². The standard InChI is InChI=1S/C13H17NO3/c1-10(14-9-8-13(15)17-3)11-4-6-12(16-2)7-5-11/h4-10,14H,1-3H3/b9-8+. The number of benzene rings is 1. The molecule has 4 nitrogen and oxygen atoms in total. The molecule has 0 fully saturated rings. The molecule has 17 heavy (non-hydrogen) atoms. The Labute approximate surface area is 101 Å². The Kier molecular flexibility index (Phi) is 5.07. The van der Waals surface area contributed by atoms with Crippen LogP contribution in [-0.4, -0.2) is 20.2 Å². The van der Waals surface area contributed by atoms with Crippen LogP contribution in [0.2, 0.25) is 0 Å². The molecule has 0 heterocycles. The fourth-order valence-electron chi connectivity index (χ4n) is 1.32. The molecule has 4 heteroatoms. The van der Waals surface area contributed by atoms with Crippen molar-refractivity contribution in [1.82, 2.24) is 5.32 Å². The highest BCUT2D eigenvalue weighted by Gasteiger charge is 2.02. The lowest BCUT2D eigenvalue weighted by Gasteiger charge is -2.12. The van der Waals surface area contributed by atoms with Crippen molar-refractivity contribution < 1.29 is 14.3 Å². The maximum absolute atomic E-state index is 10.8. The predicted molar refractivity (Wildman–Crippen MR) is 65.7 cm³/mol. The first kappa shape index (κ1) is 13.1. The number of esters is 1. The van der Waals surface area contributed by atoms with Crippen molar-refractivity contribution in [2.45, 2.75) is 13.0 Å². The molecule has 1 aromatic rings. The van der Waals surface area contributed by atoms with E-state index in [9.17, 15) is 4.79 Å². The number of carbonyl (C=O) groups excluding carboxylic acids is 1. The molecule has 0 aliphatic carbocycles. The maximum Gasteiger partial charge on any atom is 0.331 e. The number of carbonyl (C=O) groups is 1. The van der Waals surface area contributed by atoms with Crippen molar-refractivity contribution in [2.75, 3.05) is 14.2 Å². The third-order valence-corrected chi connectivity index (χ3v) is 2.38. The molecule has 0 bridgehead atoms. The quantitative estimate of drug-likeness (QED) is 0.626. The zero-order valence-electron chi connectivity index (χ0n) is 10.3. The van der Waals surface area contributed by atoms with Gasteiger partial charge in [0.25, 0.3) is 0 Å². The highest BCUT2D eigenvalue weighted by Crippen LogP contribution is 2.16. The van der Waals surface area contributed by atoms with Gasteiger partial charge in [0.15, 0.2) is 0 Å². The van der Waals surface area contributed by atoms with E-state index in [1.807, 2.05) is 31.2 Å². The molecule has 1 atom stereocenters. The normalized spacial score (nSPS) is 12.2. The van der Waals surface area contributed by atoms with E-state index in [4.69, 9.17) is 4.74 Å². The first-order chi connectivity index (χ1) is 8.17. The molecule has 1 N–H and O–H groups in total. The zero-order chi connectivity index (χ0) is 12.7. The molecule has 1 aromatic carbocycles. The van der Waals surface area contributed by atoms with E-state index in [2.05, 4.69) is 10.1 Å². The van der Waals surface area contributed by atoms with Crippen LogP contribution in [0.1, 0.15) is 18.5 Å². The first-order valence-corrected chi connectivity index (χ1v) is 5.32. The highest BCUT2D eigenvalue weighted by molar-refractivity contribution is 5.81. The first-order valence-electron chi connectivity index (χ1n) is 5.32. The van der Waals surface area contributed by atoms with Gasteiger partial charge in [-0.2, -0.15) is 0 Å². The summed E-state index contributed by atoms with van der Waals surface area (Å²) in [5, 5.41) is 3.08. The number of nitrogens with one attached hydrogen (secondary N) is 1. The number of rotatable bonds is 5. The Bertz CT molecular complexity index is 384. The molecule has 0 aliphatic heterocycles. The summed E-state index contributed by atoms with van der Waals surface area (Å²) >= 11 is 0. The van der Waals surface area contributed by atoms with Crippen molar-refractivity contribution in [3.63, 3.8) is 0 Å². The van der Waals surface area contributed by atoms with E-state index in [1.54, 1.807) is 13.3 Å².